The summed E-state index contributed by atoms with van der Waals surface area (Å²) in [5.74, 6) is 1.26. The number of carbonyl (C=O) groups is 2. The molecule has 0 aromatic heterocycles. The van der Waals surface area contributed by atoms with Crippen molar-refractivity contribution in [2.45, 2.75) is 58.5 Å². The molecule has 1 aliphatic heterocycles. The van der Waals surface area contributed by atoms with Crippen molar-refractivity contribution in [3.8, 4) is 0 Å². The Morgan fingerprint density at radius 1 is 1.42 bits per heavy atom. The van der Waals surface area contributed by atoms with E-state index >= 15 is 0 Å². The number of ketones is 1. The first-order valence-electron chi connectivity index (χ1n) is 7.52. The van der Waals surface area contributed by atoms with Gasteiger partial charge in [-0.1, -0.05) is 32.8 Å². The van der Waals surface area contributed by atoms with Crippen LogP contribution in [-0.4, -0.2) is 17.9 Å². The van der Waals surface area contributed by atoms with Crippen molar-refractivity contribution in [1.29, 1.82) is 0 Å². The van der Waals surface area contributed by atoms with Crippen LogP contribution in [0.3, 0.4) is 0 Å². The summed E-state index contributed by atoms with van der Waals surface area (Å²) in [7, 11) is 0. The van der Waals surface area contributed by atoms with Crippen molar-refractivity contribution < 1.29 is 14.3 Å². The molecule has 0 unspecified atom stereocenters. The fourth-order valence-electron chi connectivity index (χ4n) is 3.36. The van der Waals surface area contributed by atoms with Crippen molar-refractivity contribution in [3.63, 3.8) is 0 Å². The van der Waals surface area contributed by atoms with Gasteiger partial charge >= 0.3 is 5.97 Å². The van der Waals surface area contributed by atoms with E-state index in [-0.39, 0.29) is 17.9 Å². The third-order valence-electron chi connectivity index (χ3n) is 4.45. The van der Waals surface area contributed by atoms with Gasteiger partial charge in [-0.05, 0) is 30.8 Å². The molecule has 3 nitrogen and oxygen atoms in total. The highest BCUT2D eigenvalue weighted by molar-refractivity contribution is 5.89. The average Bonchev–Trinajstić information content (AvgIpc) is 2.82. The third kappa shape index (κ3) is 3.46. The Kier molecular flexibility index (Phi) is 4.78. The van der Waals surface area contributed by atoms with E-state index in [9.17, 15) is 9.59 Å². The molecule has 0 N–H and O–H groups in total. The zero-order chi connectivity index (χ0) is 13.8. The number of hydrogen-bond acceptors (Lipinski definition) is 3. The molecule has 0 aromatic rings. The van der Waals surface area contributed by atoms with Gasteiger partial charge in [-0.15, -0.1) is 0 Å². The highest BCUT2D eigenvalue weighted by atomic mass is 16.6. The Balaban J connectivity index is 1.87. The van der Waals surface area contributed by atoms with Crippen LogP contribution in [-0.2, 0) is 14.3 Å². The second-order valence-electron chi connectivity index (χ2n) is 5.97. The molecule has 0 aromatic carbocycles. The number of ether oxygens (including phenoxy) is 1. The summed E-state index contributed by atoms with van der Waals surface area (Å²) in [5, 5.41) is 0. The Morgan fingerprint density at radius 3 is 2.95 bits per heavy atom. The first kappa shape index (κ1) is 14.3. The molecule has 1 heterocycles. The summed E-state index contributed by atoms with van der Waals surface area (Å²) in [6.07, 6.45) is 9.21. The fraction of sp³-hybridized carbons (Fsp3) is 0.750. The molecule has 4 atom stereocenters. The van der Waals surface area contributed by atoms with Gasteiger partial charge in [0.1, 0.15) is 6.10 Å². The summed E-state index contributed by atoms with van der Waals surface area (Å²) in [6, 6.07) is 0. The van der Waals surface area contributed by atoms with Crippen LogP contribution in [0.25, 0.3) is 0 Å². The molecule has 0 spiro atoms. The van der Waals surface area contributed by atoms with Gasteiger partial charge < -0.3 is 4.74 Å². The summed E-state index contributed by atoms with van der Waals surface area (Å²) in [4.78, 5) is 23.1. The van der Waals surface area contributed by atoms with Crippen molar-refractivity contribution >= 4 is 11.8 Å². The van der Waals surface area contributed by atoms with Crippen molar-refractivity contribution in [1.82, 2.24) is 0 Å². The first-order chi connectivity index (χ1) is 9.11. The molecule has 1 saturated heterocycles. The van der Waals surface area contributed by atoms with Gasteiger partial charge in [0.15, 0.2) is 5.78 Å². The Hall–Kier alpha value is -1.12. The molecule has 3 heteroatoms. The standard InChI is InChI=1S/C16H24O3/c1-3-4-5-6-12(17)7-8-13-11(2)9-15-14(13)10-16(18)19-15/h7-8,11,13-15H,3-6,9-10H2,1-2H3/t11-,13+,14-,15-/m1/s1. The Morgan fingerprint density at radius 2 is 2.21 bits per heavy atom. The predicted molar refractivity (Wildman–Crippen MR) is 73.5 cm³/mol. The van der Waals surface area contributed by atoms with Crippen molar-refractivity contribution in [2.75, 3.05) is 0 Å². The largest absolute Gasteiger partial charge is 0.462 e. The van der Waals surface area contributed by atoms with Gasteiger partial charge in [0.2, 0.25) is 0 Å². The second kappa shape index (κ2) is 6.36. The van der Waals surface area contributed by atoms with Crippen molar-refractivity contribution in [2.24, 2.45) is 17.8 Å². The van der Waals surface area contributed by atoms with Crippen molar-refractivity contribution in [3.05, 3.63) is 12.2 Å². The van der Waals surface area contributed by atoms with Crippen LogP contribution in [0.5, 0.6) is 0 Å². The maximum atomic E-state index is 11.8. The summed E-state index contributed by atoms with van der Waals surface area (Å²) in [6.45, 7) is 4.32. The van der Waals surface area contributed by atoms with Gasteiger partial charge in [0.25, 0.3) is 0 Å². The minimum Gasteiger partial charge on any atom is -0.462 e. The number of esters is 1. The lowest BCUT2D eigenvalue weighted by atomic mass is 9.88. The molecule has 2 fully saturated rings. The van der Waals surface area contributed by atoms with E-state index in [0.29, 0.717) is 30.6 Å². The van der Waals surface area contributed by atoms with Gasteiger partial charge in [0.05, 0.1) is 6.42 Å². The first-order valence-corrected chi connectivity index (χ1v) is 7.52. The van der Waals surface area contributed by atoms with Gasteiger partial charge in [-0.2, -0.15) is 0 Å². The van der Waals surface area contributed by atoms with Crippen LogP contribution in [0.1, 0.15) is 52.4 Å². The number of allylic oxidation sites excluding steroid dienone is 2. The lowest BCUT2D eigenvalue weighted by Gasteiger charge is -2.15. The number of unbranched alkanes of at least 4 members (excludes halogenated alkanes) is 2. The van der Waals surface area contributed by atoms with Gasteiger partial charge in [-0.25, -0.2) is 0 Å². The monoisotopic (exact) mass is 264 g/mol. The zero-order valence-corrected chi connectivity index (χ0v) is 11.9. The quantitative estimate of drug-likeness (QED) is 0.420. The highest BCUT2D eigenvalue weighted by Gasteiger charge is 2.47. The molecule has 2 rings (SSSR count). The van der Waals surface area contributed by atoms with E-state index < -0.39 is 0 Å². The van der Waals surface area contributed by atoms with Crippen LogP contribution in [0.4, 0.5) is 0 Å². The summed E-state index contributed by atoms with van der Waals surface area (Å²) >= 11 is 0. The molecule has 106 valence electrons. The molecular weight excluding hydrogens is 240 g/mol. The van der Waals surface area contributed by atoms with Crippen LogP contribution in [0.2, 0.25) is 0 Å². The third-order valence-corrected chi connectivity index (χ3v) is 4.45. The molecule has 1 aliphatic carbocycles. The normalized spacial score (nSPS) is 33.7. The second-order valence-corrected chi connectivity index (χ2v) is 5.97. The smallest absolute Gasteiger partial charge is 0.306 e. The average molecular weight is 264 g/mol. The molecule has 0 radical (unpaired) electrons. The molecule has 0 amide bonds. The van der Waals surface area contributed by atoms with E-state index in [4.69, 9.17) is 4.74 Å². The number of carbonyl (C=O) groups excluding carboxylic acids is 2. The van der Waals surface area contributed by atoms with E-state index in [2.05, 4.69) is 13.8 Å². The minimum absolute atomic E-state index is 0.0745. The van der Waals surface area contributed by atoms with E-state index in [1.54, 1.807) is 6.08 Å². The van der Waals surface area contributed by atoms with Crippen LogP contribution >= 0.6 is 0 Å². The minimum atomic E-state index is -0.0745. The number of fused-ring (bicyclic) bond motifs is 1. The van der Waals surface area contributed by atoms with E-state index in [1.807, 2.05) is 6.08 Å². The molecule has 1 saturated carbocycles. The maximum Gasteiger partial charge on any atom is 0.306 e. The molecule has 2 aliphatic rings. The molecular formula is C16H24O3. The van der Waals surface area contributed by atoms with Crippen LogP contribution < -0.4 is 0 Å². The predicted octanol–water partition coefficient (Wildman–Crippen LogP) is 3.28. The van der Waals surface area contributed by atoms with Crippen LogP contribution in [0.15, 0.2) is 12.2 Å². The highest BCUT2D eigenvalue weighted by Crippen LogP contribution is 2.45. The van der Waals surface area contributed by atoms with Gasteiger partial charge in [0, 0.05) is 12.3 Å². The zero-order valence-electron chi connectivity index (χ0n) is 11.9. The van der Waals surface area contributed by atoms with E-state index in [0.717, 1.165) is 25.7 Å². The number of rotatable bonds is 6. The fourth-order valence-corrected chi connectivity index (χ4v) is 3.36. The SMILES string of the molecule is CCCCCC(=O)C=C[C@@H]1[C@H]2CC(=O)O[C@@H]2C[C@H]1C. The molecule has 19 heavy (non-hydrogen) atoms. The summed E-state index contributed by atoms with van der Waals surface area (Å²) in [5.41, 5.74) is 0. The lowest BCUT2D eigenvalue weighted by Crippen LogP contribution is -2.13. The van der Waals surface area contributed by atoms with E-state index in [1.165, 1.54) is 0 Å². The number of hydrogen-bond donors (Lipinski definition) is 0. The maximum absolute atomic E-state index is 11.8. The molecule has 0 bridgehead atoms. The lowest BCUT2D eigenvalue weighted by molar-refractivity contribution is -0.141. The van der Waals surface area contributed by atoms with Gasteiger partial charge in [-0.3, -0.25) is 9.59 Å². The topological polar surface area (TPSA) is 43.4 Å². The summed E-state index contributed by atoms with van der Waals surface area (Å²) < 4.78 is 5.31. The Bertz CT molecular complexity index is 372. The Labute approximate surface area is 115 Å². The van der Waals surface area contributed by atoms with Crippen LogP contribution in [0, 0.1) is 17.8 Å².